The summed E-state index contributed by atoms with van der Waals surface area (Å²) in [4.78, 5) is 24.1. The molecule has 1 heterocycles. The fourth-order valence-corrected chi connectivity index (χ4v) is 2.30. The van der Waals surface area contributed by atoms with E-state index in [9.17, 15) is 9.59 Å². The lowest BCUT2D eigenvalue weighted by molar-refractivity contribution is -0.125. The monoisotopic (exact) mass is 536 g/mol. The zero-order chi connectivity index (χ0) is 11.5. The summed E-state index contributed by atoms with van der Waals surface area (Å²) in [6.07, 6.45) is 0. The summed E-state index contributed by atoms with van der Waals surface area (Å²) in [5, 5.41) is 0. The lowest BCUT2D eigenvalue weighted by Gasteiger charge is -2.15. The highest BCUT2D eigenvalue weighted by Gasteiger charge is 2.53. The average molecular weight is 536 g/mol. The van der Waals surface area contributed by atoms with E-state index in [-0.39, 0.29) is 11.9 Å². The molecular formula is C7H11I3N2O2. The summed E-state index contributed by atoms with van der Waals surface area (Å²) in [5.74, 6) is -0.148. The van der Waals surface area contributed by atoms with Crippen molar-refractivity contribution < 1.29 is 9.59 Å². The van der Waals surface area contributed by atoms with E-state index in [0.717, 1.165) is 0 Å². The molecule has 0 aromatic carbocycles. The van der Waals surface area contributed by atoms with E-state index in [4.69, 9.17) is 0 Å². The summed E-state index contributed by atoms with van der Waals surface area (Å²) in [5.41, 5.74) is 0. The molecular weight excluding hydrogens is 525 g/mol. The van der Waals surface area contributed by atoms with Gasteiger partial charge in [-0.3, -0.25) is 9.69 Å². The second kappa shape index (κ2) is 6.01. The lowest BCUT2D eigenvalue weighted by atomic mass is 10.5. The van der Waals surface area contributed by atoms with Gasteiger partial charge in [0.2, 0.25) is 1.55 Å². The fourth-order valence-electron chi connectivity index (χ4n) is 0.838. The van der Waals surface area contributed by atoms with Crippen LogP contribution in [0.3, 0.4) is 0 Å². The van der Waals surface area contributed by atoms with Crippen molar-refractivity contribution in [3.63, 3.8) is 0 Å². The highest BCUT2D eigenvalue weighted by Crippen LogP contribution is 2.42. The molecule has 1 rings (SSSR count). The number of carbonyl (C=O) groups is 2. The van der Waals surface area contributed by atoms with Crippen LogP contribution >= 0.6 is 68.0 Å². The van der Waals surface area contributed by atoms with Crippen LogP contribution in [-0.4, -0.2) is 28.0 Å². The van der Waals surface area contributed by atoms with Crippen molar-refractivity contribution in [2.45, 2.75) is 22.3 Å². The third-order valence-electron chi connectivity index (χ3n) is 1.46. The van der Waals surface area contributed by atoms with E-state index < -0.39 is 1.55 Å². The first-order valence-corrected chi connectivity index (χ1v) is 7.25. The van der Waals surface area contributed by atoms with Gasteiger partial charge in [0, 0.05) is 6.54 Å². The second-order valence-electron chi connectivity index (χ2n) is 2.15. The normalized spacial score (nSPS) is 19.6. The number of hydrogen-bond donors (Lipinski definition) is 0. The predicted molar refractivity (Wildman–Crippen MR) is 80.8 cm³/mol. The van der Waals surface area contributed by atoms with Crippen molar-refractivity contribution in [1.82, 2.24) is 8.01 Å². The van der Waals surface area contributed by atoms with E-state index in [2.05, 4.69) is 0 Å². The Kier molecular flexibility index (Phi) is 6.50. The number of carbonyl (C=O) groups excluding carboxylic acids is 2. The first-order chi connectivity index (χ1) is 6.42. The second-order valence-corrected chi connectivity index (χ2v) is 8.31. The smallest absolute Gasteiger partial charge is 0.270 e. The van der Waals surface area contributed by atoms with Crippen molar-refractivity contribution in [3.8, 4) is 0 Å². The molecule has 0 N–H and O–H groups in total. The fraction of sp³-hybridized carbons (Fsp3) is 0.714. The Labute approximate surface area is 125 Å². The van der Waals surface area contributed by atoms with E-state index in [1.54, 1.807) is 6.92 Å². The van der Waals surface area contributed by atoms with Crippen LogP contribution in [0, 0.1) is 0 Å². The van der Waals surface area contributed by atoms with Crippen LogP contribution in [0.4, 0.5) is 4.79 Å². The summed E-state index contributed by atoms with van der Waals surface area (Å²) in [6.45, 7) is 6.22. The molecule has 1 saturated heterocycles. The highest BCUT2D eigenvalue weighted by molar-refractivity contribution is 14.2. The molecule has 4 nitrogen and oxygen atoms in total. The number of alkyl halides is 2. The first kappa shape index (κ1) is 15.1. The number of urea groups is 1. The van der Waals surface area contributed by atoms with Crippen molar-refractivity contribution in [2.24, 2.45) is 0 Å². The van der Waals surface area contributed by atoms with E-state index >= 15 is 0 Å². The van der Waals surface area contributed by atoms with Crippen molar-refractivity contribution in [2.75, 3.05) is 6.54 Å². The quantitative estimate of drug-likeness (QED) is 0.170. The number of likely N-dealkylation sites (N-methyl/N-ethyl adjacent to an activating group) is 1. The van der Waals surface area contributed by atoms with Gasteiger partial charge >= 0.3 is 6.03 Å². The van der Waals surface area contributed by atoms with Crippen LogP contribution in [-0.2, 0) is 4.79 Å². The van der Waals surface area contributed by atoms with Gasteiger partial charge in [0.1, 0.15) is 0 Å². The van der Waals surface area contributed by atoms with Crippen LogP contribution in [0.5, 0.6) is 0 Å². The number of hydrogen-bond acceptors (Lipinski definition) is 2. The zero-order valence-corrected chi connectivity index (χ0v) is 14.5. The molecule has 0 aliphatic carbocycles. The zero-order valence-electron chi connectivity index (χ0n) is 8.05. The minimum absolute atomic E-state index is 0.148. The number of amides is 3. The third-order valence-corrected chi connectivity index (χ3v) is 6.33. The Hall–Kier alpha value is 1.13. The molecule has 1 fully saturated rings. The maximum atomic E-state index is 11.5. The predicted octanol–water partition coefficient (Wildman–Crippen LogP) is 3.17. The number of halogens is 3. The van der Waals surface area contributed by atoms with Crippen molar-refractivity contribution in [3.05, 3.63) is 0 Å². The molecule has 0 saturated carbocycles. The Balaban J connectivity index is 0.000000791. The van der Waals surface area contributed by atoms with Crippen LogP contribution in [0.15, 0.2) is 0 Å². The van der Waals surface area contributed by atoms with Gasteiger partial charge in [-0.05, 0) is 52.1 Å². The summed E-state index contributed by atoms with van der Waals surface area (Å²) < 4.78 is 0.668. The Bertz CT molecular complexity index is 245. The maximum Gasteiger partial charge on any atom is 0.337 e. The van der Waals surface area contributed by atoms with Crippen molar-refractivity contribution >= 4 is 80.0 Å². The molecule has 0 spiro atoms. The number of rotatable bonds is 1. The SMILES string of the molecule is CC.CCN1C(=O)N(I)C(I)(I)C1=O. The Morgan fingerprint density at radius 2 is 1.71 bits per heavy atom. The molecule has 0 aromatic rings. The molecule has 0 aromatic heterocycles. The molecule has 0 bridgehead atoms. The maximum absolute atomic E-state index is 11.5. The molecule has 3 amide bonds. The molecule has 1 aliphatic heterocycles. The summed E-state index contributed by atoms with van der Waals surface area (Å²) in [7, 11) is 0. The summed E-state index contributed by atoms with van der Waals surface area (Å²) >= 11 is 5.79. The minimum atomic E-state index is -0.747. The Morgan fingerprint density at radius 3 is 1.86 bits per heavy atom. The van der Waals surface area contributed by atoms with Gasteiger partial charge in [-0.15, -0.1) is 0 Å². The van der Waals surface area contributed by atoms with Crippen LogP contribution < -0.4 is 0 Å². The van der Waals surface area contributed by atoms with Gasteiger partial charge in [0.05, 0.1) is 22.9 Å². The lowest BCUT2D eigenvalue weighted by Crippen LogP contribution is -2.32. The van der Waals surface area contributed by atoms with Crippen LogP contribution in [0.2, 0.25) is 0 Å². The van der Waals surface area contributed by atoms with Gasteiger partial charge < -0.3 is 0 Å². The summed E-state index contributed by atoms with van der Waals surface area (Å²) in [6, 6.07) is -0.230. The van der Waals surface area contributed by atoms with Gasteiger partial charge in [0.25, 0.3) is 5.91 Å². The topological polar surface area (TPSA) is 40.6 Å². The molecule has 0 radical (unpaired) electrons. The first-order valence-electron chi connectivity index (χ1n) is 4.12. The van der Waals surface area contributed by atoms with Crippen LogP contribution in [0.25, 0.3) is 0 Å². The van der Waals surface area contributed by atoms with Crippen LogP contribution in [0.1, 0.15) is 20.8 Å². The average Bonchev–Trinajstić information content (AvgIpc) is 2.32. The minimum Gasteiger partial charge on any atom is -0.270 e. The number of nitrogens with zero attached hydrogens (tertiary/aromatic N) is 2. The molecule has 7 heteroatoms. The van der Waals surface area contributed by atoms with E-state index in [1.165, 1.54) is 8.01 Å². The van der Waals surface area contributed by atoms with E-state index in [0.29, 0.717) is 6.54 Å². The number of imide groups is 1. The molecule has 0 unspecified atom stereocenters. The van der Waals surface area contributed by atoms with Gasteiger partial charge in [-0.1, -0.05) is 13.8 Å². The highest BCUT2D eigenvalue weighted by atomic mass is 127. The molecule has 14 heavy (non-hydrogen) atoms. The molecule has 0 atom stereocenters. The molecule has 1 aliphatic rings. The van der Waals surface area contributed by atoms with E-state index in [1.807, 2.05) is 81.9 Å². The van der Waals surface area contributed by atoms with Gasteiger partial charge in [-0.25, -0.2) is 7.91 Å². The van der Waals surface area contributed by atoms with Gasteiger partial charge in [0.15, 0.2) is 0 Å². The Morgan fingerprint density at radius 1 is 1.29 bits per heavy atom. The molecule has 82 valence electrons. The van der Waals surface area contributed by atoms with Crippen molar-refractivity contribution in [1.29, 1.82) is 0 Å². The largest absolute Gasteiger partial charge is 0.337 e. The third kappa shape index (κ3) is 2.62. The van der Waals surface area contributed by atoms with Gasteiger partial charge in [-0.2, -0.15) is 0 Å². The standard InChI is InChI=1S/C5H5I3N2O2.C2H6/c1-2-9-3(11)5(6,7)10(8)4(9)12;1-2/h2H2,1H3;1-2H3.